The molecule has 4 aromatic heterocycles. The number of hydrogen-bond donors (Lipinski definition) is 3. The number of likely N-dealkylation sites (tertiary alicyclic amines) is 1. The van der Waals surface area contributed by atoms with E-state index in [1.807, 2.05) is 69.5 Å². The molecule has 1 unspecified atom stereocenters. The lowest BCUT2D eigenvalue weighted by molar-refractivity contribution is -0.0900. The lowest BCUT2D eigenvalue weighted by atomic mass is 9.87. The molecule has 0 saturated carbocycles. The van der Waals surface area contributed by atoms with Gasteiger partial charge in [0.1, 0.15) is 24.3 Å². The summed E-state index contributed by atoms with van der Waals surface area (Å²) in [5, 5.41) is 28.0. The van der Waals surface area contributed by atoms with Crippen molar-refractivity contribution in [3.63, 3.8) is 0 Å². The Hall–Kier alpha value is -4.99. The van der Waals surface area contributed by atoms with Crippen molar-refractivity contribution in [3.8, 4) is 22.6 Å². The molecule has 1 aliphatic rings. The topological polar surface area (TPSA) is 182 Å². The molecular formula is C37H46N8O6Si. The Bertz CT molecular complexity index is 2110. The van der Waals surface area contributed by atoms with Crippen LogP contribution in [-0.4, -0.2) is 84.5 Å². The minimum atomic E-state index is -1.32. The van der Waals surface area contributed by atoms with Crippen molar-refractivity contribution in [1.29, 1.82) is 0 Å². The standard InChI is InChI=1S/C37H46N8O6Si/c1-22-15-24(9-11-26(22)23(2)41-32(46)33-42-34(43-51-33)36(3,4)5)30-27-16-29(45(31(27)40-20-39-30)21-50-13-14-52(6,7)8)28-12-10-25(17-38-28)37(49)18-44(19-37)35(47)48/h9-12,15-17,20,23,49H,13-14,18-19,21H2,1-8H3,(H,41,46)(H,47,48). The van der Waals surface area contributed by atoms with E-state index in [4.69, 9.17) is 19.2 Å². The van der Waals surface area contributed by atoms with Crippen molar-refractivity contribution >= 4 is 31.1 Å². The van der Waals surface area contributed by atoms with E-state index >= 15 is 0 Å². The Labute approximate surface area is 303 Å². The number of aliphatic hydroxyl groups is 1. The number of fused-ring (bicyclic) bond motifs is 1. The zero-order chi connectivity index (χ0) is 37.6. The van der Waals surface area contributed by atoms with Gasteiger partial charge in [-0.1, -0.05) is 63.8 Å². The smallest absolute Gasteiger partial charge is 0.407 e. The minimum Gasteiger partial charge on any atom is -0.465 e. The van der Waals surface area contributed by atoms with Crippen LogP contribution in [0.3, 0.4) is 0 Å². The SMILES string of the molecule is Cc1cc(-c2ncnc3c2cc(-c2ccc(C4(O)CN(C(=O)O)C4)cn2)n3COCC[Si](C)(C)C)ccc1C(C)NC(=O)c1nc(C(C)(C)C)no1. The van der Waals surface area contributed by atoms with Crippen molar-refractivity contribution in [3.05, 3.63) is 77.3 Å². The van der Waals surface area contributed by atoms with Gasteiger partial charge in [0, 0.05) is 42.8 Å². The zero-order valence-corrected chi connectivity index (χ0v) is 31.9. The van der Waals surface area contributed by atoms with Gasteiger partial charge in [-0.05, 0) is 49.2 Å². The molecule has 14 nitrogen and oxygen atoms in total. The first kappa shape index (κ1) is 36.8. The summed E-state index contributed by atoms with van der Waals surface area (Å²) < 4.78 is 13.4. The molecule has 52 heavy (non-hydrogen) atoms. The van der Waals surface area contributed by atoms with E-state index in [-0.39, 0.29) is 37.2 Å². The molecule has 6 rings (SSSR count). The quantitative estimate of drug-likeness (QED) is 0.105. The highest BCUT2D eigenvalue weighted by Crippen LogP contribution is 2.36. The number of aryl methyl sites for hydroxylation is 1. The van der Waals surface area contributed by atoms with Gasteiger partial charge in [0.05, 0.1) is 36.2 Å². The molecule has 0 radical (unpaired) electrons. The number of hydrogen-bond acceptors (Lipinski definition) is 10. The summed E-state index contributed by atoms with van der Waals surface area (Å²) in [7, 11) is -1.32. The van der Waals surface area contributed by atoms with Gasteiger partial charge in [0.25, 0.3) is 0 Å². The second-order valence-electron chi connectivity index (χ2n) is 15.8. The van der Waals surface area contributed by atoms with Gasteiger partial charge in [0.2, 0.25) is 0 Å². The van der Waals surface area contributed by atoms with Crippen LogP contribution >= 0.6 is 0 Å². The van der Waals surface area contributed by atoms with Crippen LogP contribution < -0.4 is 5.32 Å². The molecule has 1 aliphatic heterocycles. The number of ether oxygens (including phenoxy) is 1. The summed E-state index contributed by atoms with van der Waals surface area (Å²) in [5.41, 5.74) is 4.52. The van der Waals surface area contributed by atoms with Crippen LogP contribution in [0, 0.1) is 6.92 Å². The third-order valence-electron chi connectivity index (χ3n) is 9.29. The minimum absolute atomic E-state index is 0.00614. The van der Waals surface area contributed by atoms with Crippen LogP contribution in [0.1, 0.15) is 66.9 Å². The van der Waals surface area contributed by atoms with E-state index in [9.17, 15) is 19.8 Å². The number of amides is 2. The van der Waals surface area contributed by atoms with Gasteiger partial charge >= 0.3 is 17.9 Å². The summed E-state index contributed by atoms with van der Waals surface area (Å²) in [6, 6.07) is 12.3. The Morgan fingerprint density at radius 3 is 2.46 bits per heavy atom. The van der Waals surface area contributed by atoms with Crippen molar-refractivity contribution in [2.75, 3.05) is 19.7 Å². The van der Waals surface area contributed by atoms with Crippen LogP contribution in [0.25, 0.3) is 33.7 Å². The monoisotopic (exact) mass is 726 g/mol. The average molecular weight is 727 g/mol. The molecule has 1 aromatic carbocycles. The molecule has 1 saturated heterocycles. The molecule has 5 heterocycles. The second-order valence-corrected chi connectivity index (χ2v) is 21.4. The summed E-state index contributed by atoms with van der Waals surface area (Å²) in [4.78, 5) is 43.8. The molecule has 5 aromatic rings. The van der Waals surface area contributed by atoms with Crippen molar-refractivity contribution < 1.29 is 29.1 Å². The molecule has 0 bridgehead atoms. The van der Waals surface area contributed by atoms with Crippen LogP contribution in [0.15, 0.2) is 53.4 Å². The van der Waals surface area contributed by atoms with Crippen LogP contribution in [0.2, 0.25) is 25.7 Å². The Morgan fingerprint density at radius 2 is 1.85 bits per heavy atom. The molecule has 3 N–H and O–H groups in total. The van der Waals surface area contributed by atoms with E-state index in [0.29, 0.717) is 29.3 Å². The van der Waals surface area contributed by atoms with Gasteiger partial charge in [-0.3, -0.25) is 14.3 Å². The summed E-state index contributed by atoms with van der Waals surface area (Å²) >= 11 is 0. The largest absolute Gasteiger partial charge is 0.465 e. The van der Waals surface area contributed by atoms with Crippen molar-refractivity contribution in [1.82, 2.24) is 39.9 Å². The maximum absolute atomic E-state index is 13.0. The third-order valence-corrected chi connectivity index (χ3v) is 11.0. The average Bonchev–Trinajstić information content (AvgIpc) is 3.71. The summed E-state index contributed by atoms with van der Waals surface area (Å²) in [5.74, 6) is -0.0543. The number of nitrogens with zero attached hydrogens (tertiary/aromatic N) is 7. The number of benzene rings is 1. The van der Waals surface area contributed by atoms with Crippen molar-refractivity contribution in [2.24, 2.45) is 0 Å². The highest BCUT2D eigenvalue weighted by atomic mass is 28.3. The van der Waals surface area contributed by atoms with Gasteiger partial charge in [0.15, 0.2) is 5.82 Å². The molecule has 274 valence electrons. The van der Waals surface area contributed by atoms with E-state index in [1.54, 1.807) is 18.6 Å². The summed E-state index contributed by atoms with van der Waals surface area (Å²) in [6.45, 7) is 17.5. The lowest BCUT2D eigenvalue weighted by Crippen LogP contribution is -2.60. The van der Waals surface area contributed by atoms with E-state index in [0.717, 1.165) is 44.4 Å². The molecule has 0 spiro atoms. The highest BCUT2D eigenvalue weighted by Gasteiger charge is 2.45. The molecule has 2 amide bonds. The first-order valence-corrected chi connectivity index (χ1v) is 21.0. The second kappa shape index (κ2) is 13.9. The summed E-state index contributed by atoms with van der Waals surface area (Å²) in [6.07, 6.45) is 2.07. The van der Waals surface area contributed by atoms with E-state index < -0.39 is 25.7 Å². The van der Waals surface area contributed by atoms with Crippen LogP contribution in [-0.2, 0) is 22.5 Å². The normalized spacial score (nSPS) is 15.1. The molecule has 1 fully saturated rings. The molecule has 0 aliphatic carbocycles. The number of β-amino-alcohol motifs (C(OH)–C–C–N with tert-alkyl or cyclic N) is 1. The first-order valence-electron chi connectivity index (χ1n) is 17.3. The number of rotatable bonds is 11. The van der Waals surface area contributed by atoms with Crippen molar-refractivity contribution in [2.45, 2.75) is 84.1 Å². The fraction of sp³-hybridized carbons (Fsp3) is 0.432. The van der Waals surface area contributed by atoms with Gasteiger partial charge in [-0.25, -0.2) is 14.8 Å². The molecular weight excluding hydrogens is 681 g/mol. The number of carbonyl (C=O) groups excluding carboxylic acids is 1. The zero-order valence-electron chi connectivity index (χ0n) is 30.9. The predicted molar refractivity (Wildman–Crippen MR) is 197 cm³/mol. The fourth-order valence-electron chi connectivity index (χ4n) is 6.16. The maximum atomic E-state index is 13.0. The third kappa shape index (κ3) is 7.61. The number of pyridine rings is 1. The fourth-order valence-corrected chi connectivity index (χ4v) is 6.92. The molecule has 1 atom stereocenters. The maximum Gasteiger partial charge on any atom is 0.407 e. The predicted octanol–water partition coefficient (Wildman–Crippen LogP) is 6.13. The van der Waals surface area contributed by atoms with Gasteiger partial charge in [-0.15, -0.1) is 0 Å². The van der Waals surface area contributed by atoms with Crippen LogP contribution in [0.5, 0.6) is 0 Å². The molecule has 15 heteroatoms. The number of aromatic nitrogens is 6. The number of carbonyl (C=O) groups is 2. The van der Waals surface area contributed by atoms with Crippen LogP contribution in [0.4, 0.5) is 4.79 Å². The number of carboxylic acid groups (broad SMARTS) is 1. The van der Waals surface area contributed by atoms with Gasteiger partial charge in [-0.2, -0.15) is 4.98 Å². The van der Waals surface area contributed by atoms with E-state index in [2.05, 4.69) is 40.1 Å². The Kier molecular flexibility index (Phi) is 9.80. The highest BCUT2D eigenvalue weighted by molar-refractivity contribution is 6.76. The lowest BCUT2D eigenvalue weighted by Gasteiger charge is -2.44. The first-order chi connectivity index (χ1) is 24.4. The van der Waals surface area contributed by atoms with Gasteiger partial charge < -0.3 is 29.7 Å². The Morgan fingerprint density at radius 1 is 1.10 bits per heavy atom. The van der Waals surface area contributed by atoms with E-state index in [1.165, 1.54) is 0 Å². The number of nitrogens with one attached hydrogen (secondary N) is 1. The Balaban J connectivity index is 1.29.